The second kappa shape index (κ2) is 10.9. The Morgan fingerprint density at radius 1 is 0.618 bits per heavy atom. The van der Waals surface area contributed by atoms with Gasteiger partial charge in [0.1, 0.15) is 23.1 Å². The molecule has 0 heterocycles. The molecule has 0 aliphatic carbocycles. The highest BCUT2D eigenvalue weighted by Crippen LogP contribution is 2.45. The fourth-order valence-electron chi connectivity index (χ4n) is 3.94. The molecule has 3 nitrogen and oxygen atoms in total. The van der Waals surface area contributed by atoms with E-state index in [4.69, 9.17) is 14.2 Å². The molecule has 4 heteroatoms. The lowest BCUT2D eigenvalue weighted by Gasteiger charge is -2.20. The molecule has 1 radical (unpaired) electrons. The van der Waals surface area contributed by atoms with Gasteiger partial charge in [0.05, 0.1) is 19.8 Å². The van der Waals surface area contributed by atoms with Crippen LogP contribution < -0.4 is 14.2 Å². The average molecular weight is 456 g/mol. The van der Waals surface area contributed by atoms with Crippen LogP contribution in [-0.2, 0) is 0 Å². The first-order valence-corrected chi connectivity index (χ1v) is 11.6. The summed E-state index contributed by atoms with van der Waals surface area (Å²) in [6.45, 7) is 7.60. The number of benzene rings is 4. The van der Waals surface area contributed by atoms with E-state index < -0.39 is 0 Å². The highest BCUT2D eigenvalue weighted by atomic mass is 19.1. The lowest BCUT2D eigenvalue weighted by Crippen LogP contribution is -2.00. The quantitative estimate of drug-likeness (QED) is 0.257. The molecule has 0 aliphatic rings. The largest absolute Gasteiger partial charge is 0.494 e. The average Bonchev–Trinajstić information content (AvgIpc) is 2.86. The van der Waals surface area contributed by atoms with E-state index in [1.165, 1.54) is 12.1 Å². The summed E-state index contributed by atoms with van der Waals surface area (Å²) in [4.78, 5) is 0. The van der Waals surface area contributed by atoms with Crippen LogP contribution >= 0.6 is 0 Å². The highest BCUT2D eigenvalue weighted by molar-refractivity contribution is 5.93. The van der Waals surface area contributed by atoms with Crippen LogP contribution in [0.15, 0.2) is 78.9 Å². The second-order valence-electron chi connectivity index (χ2n) is 7.64. The van der Waals surface area contributed by atoms with E-state index in [2.05, 4.69) is 6.07 Å². The zero-order valence-electron chi connectivity index (χ0n) is 19.7. The Bertz CT molecular complexity index is 1210. The van der Waals surface area contributed by atoms with E-state index >= 15 is 0 Å². The van der Waals surface area contributed by atoms with Crippen LogP contribution in [0.25, 0.3) is 33.4 Å². The van der Waals surface area contributed by atoms with Crippen LogP contribution in [0.4, 0.5) is 4.39 Å². The summed E-state index contributed by atoms with van der Waals surface area (Å²) in [6.07, 6.45) is 0. The molecule has 4 aromatic rings. The molecule has 0 fully saturated rings. The normalized spacial score (nSPS) is 10.7. The van der Waals surface area contributed by atoms with Crippen molar-refractivity contribution in [1.82, 2.24) is 0 Å². The van der Waals surface area contributed by atoms with E-state index in [1.54, 1.807) is 12.1 Å². The second-order valence-corrected chi connectivity index (χ2v) is 7.64. The van der Waals surface area contributed by atoms with Crippen molar-refractivity contribution in [2.45, 2.75) is 20.8 Å². The van der Waals surface area contributed by atoms with Crippen molar-refractivity contribution in [2.24, 2.45) is 0 Å². The predicted octanol–water partition coefficient (Wildman–Crippen LogP) is 7.82. The van der Waals surface area contributed by atoms with E-state index in [9.17, 15) is 4.39 Å². The molecule has 0 bridgehead atoms. The molecule has 0 unspecified atom stereocenters. The summed E-state index contributed by atoms with van der Waals surface area (Å²) < 4.78 is 31.1. The summed E-state index contributed by atoms with van der Waals surface area (Å²) in [7, 11) is 0. The minimum absolute atomic E-state index is 0.275. The van der Waals surface area contributed by atoms with Gasteiger partial charge in [0, 0.05) is 16.7 Å². The molecule has 173 valence electrons. The molecule has 0 spiro atoms. The molecule has 0 N–H and O–H groups in total. The van der Waals surface area contributed by atoms with Gasteiger partial charge in [0.25, 0.3) is 0 Å². The van der Waals surface area contributed by atoms with Crippen LogP contribution in [0.2, 0.25) is 0 Å². The first kappa shape index (κ1) is 23.4. The standard InChI is InChI=1S/C30H28FO3/c1-4-32-25-15-9-21(10-16-25)27-19-20-28(22-7-13-24(31)14-8-22)30(34-6-3)29(27)23-11-17-26(18-12-23)33-5-2/h7-18,20H,4-6H2,1-3H3. The van der Waals surface area contributed by atoms with Crippen molar-refractivity contribution >= 4 is 0 Å². The third-order valence-corrected chi connectivity index (χ3v) is 5.43. The molecule has 0 aliphatic heterocycles. The predicted molar refractivity (Wildman–Crippen MR) is 135 cm³/mol. The third-order valence-electron chi connectivity index (χ3n) is 5.43. The zero-order chi connectivity index (χ0) is 23.9. The molecule has 4 aromatic carbocycles. The molecule has 0 saturated carbocycles. The van der Waals surface area contributed by atoms with Crippen molar-refractivity contribution in [3.05, 3.63) is 90.7 Å². The molecule has 0 amide bonds. The summed E-state index contributed by atoms with van der Waals surface area (Å²) in [6, 6.07) is 27.8. The minimum atomic E-state index is -0.275. The maximum absolute atomic E-state index is 13.6. The maximum atomic E-state index is 13.6. The van der Waals surface area contributed by atoms with E-state index in [1.807, 2.05) is 75.4 Å². The van der Waals surface area contributed by atoms with Crippen LogP contribution in [-0.4, -0.2) is 19.8 Å². The lowest BCUT2D eigenvalue weighted by molar-refractivity contribution is 0.340. The Hall–Kier alpha value is -3.79. The Balaban J connectivity index is 1.93. The summed E-state index contributed by atoms with van der Waals surface area (Å²) in [5, 5.41) is 0. The van der Waals surface area contributed by atoms with Gasteiger partial charge in [-0.05, 0) is 86.0 Å². The molecule has 0 saturated heterocycles. The van der Waals surface area contributed by atoms with Gasteiger partial charge in [-0.2, -0.15) is 0 Å². The Morgan fingerprint density at radius 3 is 1.65 bits per heavy atom. The first-order chi connectivity index (χ1) is 16.6. The third kappa shape index (κ3) is 5.07. The molecule has 4 rings (SSSR count). The van der Waals surface area contributed by atoms with Crippen molar-refractivity contribution in [3.8, 4) is 50.6 Å². The van der Waals surface area contributed by atoms with Crippen LogP contribution in [0.1, 0.15) is 20.8 Å². The van der Waals surface area contributed by atoms with Crippen LogP contribution in [0.3, 0.4) is 0 Å². The fourth-order valence-corrected chi connectivity index (χ4v) is 3.94. The van der Waals surface area contributed by atoms with E-state index in [0.29, 0.717) is 19.8 Å². The lowest BCUT2D eigenvalue weighted by atomic mass is 9.89. The van der Waals surface area contributed by atoms with Gasteiger partial charge in [0.15, 0.2) is 0 Å². The van der Waals surface area contributed by atoms with Gasteiger partial charge in [0.2, 0.25) is 0 Å². The first-order valence-electron chi connectivity index (χ1n) is 11.6. The monoisotopic (exact) mass is 455 g/mol. The smallest absolute Gasteiger partial charge is 0.135 e. The van der Waals surface area contributed by atoms with Gasteiger partial charge in [-0.1, -0.05) is 36.4 Å². The number of hydrogen-bond acceptors (Lipinski definition) is 3. The van der Waals surface area contributed by atoms with Crippen molar-refractivity contribution < 1.29 is 18.6 Å². The molecule has 0 aromatic heterocycles. The summed E-state index contributed by atoms with van der Waals surface area (Å²) >= 11 is 0. The van der Waals surface area contributed by atoms with Gasteiger partial charge in [-0.15, -0.1) is 0 Å². The van der Waals surface area contributed by atoms with Crippen molar-refractivity contribution in [3.63, 3.8) is 0 Å². The van der Waals surface area contributed by atoms with E-state index in [0.717, 1.165) is 50.6 Å². The van der Waals surface area contributed by atoms with Gasteiger partial charge in [-0.25, -0.2) is 4.39 Å². The van der Waals surface area contributed by atoms with Crippen molar-refractivity contribution in [2.75, 3.05) is 19.8 Å². The molecular weight excluding hydrogens is 427 g/mol. The number of rotatable bonds is 9. The Kier molecular flexibility index (Phi) is 7.48. The summed E-state index contributed by atoms with van der Waals surface area (Å²) in [5.41, 5.74) is 5.55. The highest BCUT2D eigenvalue weighted by Gasteiger charge is 2.19. The number of hydrogen-bond donors (Lipinski definition) is 0. The maximum Gasteiger partial charge on any atom is 0.135 e. The van der Waals surface area contributed by atoms with Crippen molar-refractivity contribution in [1.29, 1.82) is 0 Å². The topological polar surface area (TPSA) is 27.7 Å². The van der Waals surface area contributed by atoms with Gasteiger partial charge in [-0.3, -0.25) is 0 Å². The molecule has 34 heavy (non-hydrogen) atoms. The number of halogens is 1. The Labute approximate surface area is 200 Å². The molecular formula is C30H28FO3. The number of ether oxygens (including phenoxy) is 3. The minimum Gasteiger partial charge on any atom is -0.494 e. The summed E-state index contributed by atoms with van der Waals surface area (Å²) in [5.74, 6) is 2.09. The van der Waals surface area contributed by atoms with E-state index in [-0.39, 0.29) is 5.82 Å². The molecule has 0 atom stereocenters. The van der Waals surface area contributed by atoms with Gasteiger partial charge < -0.3 is 14.2 Å². The van der Waals surface area contributed by atoms with Gasteiger partial charge >= 0.3 is 0 Å². The fraction of sp³-hybridized carbons (Fsp3) is 0.200. The SMILES string of the molecule is CCOc1ccc(-c2[c]cc(-c3ccc(F)cc3)c(OCC)c2-c2ccc(OCC)cc2)cc1. The van der Waals surface area contributed by atoms with Crippen LogP contribution in [0, 0.1) is 11.9 Å². The van der Waals surface area contributed by atoms with Crippen LogP contribution in [0.5, 0.6) is 17.2 Å². The zero-order valence-corrected chi connectivity index (χ0v) is 19.7. The Morgan fingerprint density at radius 2 is 1.12 bits per heavy atom.